The van der Waals surface area contributed by atoms with Gasteiger partial charge < -0.3 is 10.2 Å². The second-order valence-electron chi connectivity index (χ2n) is 4.35. The number of halogens is 3. The topological polar surface area (TPSA) is 70.4 Å². The summed E-state index contributed by atoms with van der Waals surface area (Å²) in [6.45, 7) is 0. The first kappa shape index (κ1) is 12.8. The molecule has 2 N–H and O–H groups in total. The average Bonchev–Trinajstić information content (AvgIpc) is 2.23. The summed E-state index contributed by atoms with van der Waals surface area (Å²) < 4.78 is 38.4. The lowest BCUT2D eigenvalue weighted by molar-refractivity contribution is -0.155. The molecule has 0 unspecified atom stereocenters. The van der Waals surface area contributed by atoms with Gasteiger partial charge in [0.05, 0.1) is 17.4 Å². The minimum absolute atomic E-state index is 0.248. The van der Waals surface area contributed by atoms with Crippen LogP contribution in [-0.4, -0.2) is 27.3 Å². The van der Waals surface area contributed by atoms with Crippen molar-refractivity contribution in [3.05, 3.63) is 29.6 Å². The summed E-state index contributed by atoms with van der Waals surface area (Å²) in [6, 6.07) is 1.91. The molecular formula is C11H10F3NO3. The van der Waals surface area contributed by atoms with E-state index in [4.69, 9.17) is 5.11 Å². The predicted molar refractivity (Wildman–Crippen MR) is 53.8 cm³/mol. The van der Waals surface area contributed by atoms with E-state index in [-0.39, 0.29) is 12.8 Å². The van der Waals surface area contributed by atoms with Crippen LogP contribution in [0.5, 0.6) is 0 Å². The lowest BCUT2D eigenvalue weighted by Gasteiger charge is -2.42. The van der Waals surface area contributed by atoms with E-state index in [2.05, 4.69) is 4.98 Å². The highest BCUT2D eigenvalue weighted by atomic mass is 19.4. The molecule has 0 amide bonds. The fraction of sp³-hybridized carbons (Fsp3) is 0.455. The van der Waals surface area contributed by atoms with Crippen LogP contribution in [0.15, 0.2) is 18.3 Å². The number of aliphatic carboxylic acids is 1. The molecule has 98 valence electrons. The normalized spacial score (nSPS) is 27.7. The number of hydrogen-bond acceptors (Lipinski definition) is 3. The third kappa shape index (κ3) is 1.84. The van der Waals surface area contributed by atoms with Crippen LogP contribution < -0.4 is 0 Å². The van der Waals surface area contributed by atoms with Gasteiger partial charge in [-0.2, -0.15) is 13.2 Å². The van der Waals surface area contributed by atoms with Crippen molar-refractivity contribution in [3.8, 4) is 0 Å². The Labute approximate surface area is 100 Å². The molecule has 0 radical (unpaired) electrons. The minimum Gasteiger partial charge on any atom is -0.481 e. The van der Waals surface area contributed by atoms with Gasteiger partial charge in [0.15, 0.2) is 0 Å². The van der Waals surface area contributed by atoms with Crippen LogP contribution in [0.2, 0.25) is 0 Å². The summed E-state index contributed by atoms with van der Waals surface area (Å²) in [5.41, 5.74) is -3.31. The van der Waals surface area contributed by atoms with E-state index in [1.54, 1.807) is 0 Å². The number of hydrogen-bond donors (Lipinski definition) is 2. The first-order valence-electron chi connectivity index (χ1n) is 5.21. The number of nitrogens with zero attached hydrogens (tertiary/aromatic N) is 1. The maximum Gasteiger partial charge on any atom is 0.418 e. The Kier molecular flexibility index (Phi) is 2.81. The Hall–Kier alpha value is -1.63. The number of carbonyl (C=O) groups is 1. The van der Waals surface area contributed by atoms with Gasteiger partial charge in [-0.25, -0.2) is 0 Å². The summed E-state index contributed by atoms with van der Waals surface area (Å²) in [5, 5.41) is 18.3. The molecular weight excluding hydrogens is 251 g/mol. The maximum atomic E-state index is 12.8. The molecule has 1 aliphatic rings. The number of carboxylic acid groups (broad SMARTS) is 1. The largest absolute Gasteiger partial charge is 0.481 e. The molecule has 18 heavy (non-hydrogen) atoms. The molecule has 1 aromatic rings. The SMILES string of the molecule is O=C(O)C1(c2ncccc2C(F)(F)F)CC(O)C1. The van der Waals surface area contributed by atoms with Gasteiger partial charge in [-0.15, -0.1) is 0 Å². The van der Waals surface area contributed by atoms with Gasteiger partial charge in [-0.05, 0) is 25.0 Å². The van der Waals surface area contributed by atoms with Gasteiger partial charge >= 0.3 is 12.1 Å². The van der Waals surface area contributed by atoms with Crippen molar-refractivity contribution >= 4 is 5.97 Å². The van der Waals surface area contributed by atoms with E-state index < -0.39 is 34.9 Å². The summed E-state index contributed by atoms with van der Waals surface area (Å²) in [6.07, 6.45) is -4.93. The van der Waals surface area contributed by atoms with Crippen LogP contribution in [0.25, 0.3) is 0 Å². The fourth-order valence-electron chi connectivity index (χ4n) is 2.23. The summed E-state index contributed by atoms with van der Waals surface area (Å²) in [4.78, 5) is 14.8. The summed E-state index contributed by atoms with van der Waals surface area (Å²) >= 11 is 0. The number of aliphatic hydroxyl groups is 1. The first-order valence-corrected chi connectivity index (χ1v) is 5.21. The van der Waals surface area contributed by atoms with Crippen LogP contribution in [-0.2, 0) is 16.4 Å². The molecule has 0 aromatic carbocycles. The molecule has 0 saturated heterocycles. The Bertz CT molecular complexity index is 481. The van der Waals surface area contributed by atoms with Gasteiger partial charge in [-0.3, -0.25) is 9.78 Å². The van der Waals surface area contributed by atoms with Crippen LogP contribution >= 0.6 is 0 Å². The molecule has 1 aromatic heterocycles. The molecule has 4 nitrogen and oxygen atoms in total. The van der Waals surface area contributed by atoms with Crippen LogP contribution in [0.1, 0.15) is 24.1 Å². The zero-order valence-corrected chi connectivity index (χ0v) is 9.11. The molecule has 1 heterocycles. The number of carboxylic acids is 1. The Balaban J connectivity index is 2.54. The van der Waals surface area contributed by atoms with Crippen molar-refractivity contribution in [3.63, 3.8) is 0 Å². The van der Waals surface area contributed by atoms with Crippen LogP contribution in [0.3, 0.4) is 0 Å². The van der Waals surface area contributed by atoms with Crippen molar-refractivity contribution in [2.45, 2.75) is 30.5 Å². The average molecular weight is 261 g/mol. The number of alkyl halides is 3. The minimum atomic E-state index is -4.66. The van der Waals surface area contributed by atoms with E-state index in [0.29, 0.717) is 0 Å². The molecule has 2 rings (SSSR count). The van der Waals surface area contributed by atoms with Gasteiger partial charge in [0.1, 0.15) is 5.41 Å². The molecule has 0 bridgehead atoms. The molecule has 1 aliphatic carbocycles. The standard InChI is InChI=1S/C11H10F3NO3/c12-11(13,14)7-2-1-3-15-8(7)10(9(17)18)4-6(16)5-10/h1-3,6,16H,4-5H2,(H,17,18). The highest BCUT2D eigenvalue weighted by Crippen LogP contribution is 2.47. The lowest BCUT2D eigenvalue weighted by atomic mass is 9.63. The molecule has 0 aliphatic heterocycles. The molecule has 7 heteroatoms. The summed E-state index contributed by atoms with van der Waals surface area (Å²) in [5.74, 6) is -1.39. The van der Waals surface area contributed by atoms with Crippen LogP contribution in [0.4, 0.5) is 13.2 Å². The zero-order valence-electron chi connectivity index (χ0n) is 9.11. The third-order valence-corrected chi connectivity index (χ3v) is 3.14. The Morgan fingerprint density at radius 2 is 2.06 bits per heavy atom. The predicted octanol–water partition coefficient (Wildman–Crippen LogP) is 1.58. The van der Waals surface area contributed by atoms with Gasteiger partial charge in [0.25, 0.3) is 0 Å². The van der Waals surface area contributed by atoms with Crippen LogP contribution in [0, 0.1) is 0 Å². The number of rotatable bonds is 2. The molecule has 0 atom stereocenters. The first-order chi connectivity index (χ1) is 8.27. The smallest absolute Gasteiger partial charge is 0.418 e. The van der Waals surface area contributed by atoms with E-state index in [9.17, 15) is 23.1 Å². The Morgan fingerprint density at radius 1 is 1.44 bits per heavy atom. The molecule has 1 fully saturated rings. The van der Waals surface area contributed by atoms with Gasteiger partial charge in [0.2, 0.25) is 0 Å². The lowest BCUT2D eigenvalue weighted by Crippen LogP contribution is -2.52. The summed E-state index contributed by atoms with van der Waals surface area (Å²) in [7, 11) is 0. The van der Waals surface area contributed by atoms with Crippen molar-refractivity contribution < 1.29 is 28.2 Å². The van der Waals surface area contributed by atoms with E-state index in [1.807, 2.05) is 0 Å². The van der Waals surface area contributed by atoms with Crippen molar-refractivity contribution in [1.29, 1.82) is 0 Å². The maximum absolute atomic E-state index is 12.8. The number of pyridine rings is 1. The number of aromatic nitrogens is 1. The van der Waals surface area contributed by atoms with Crippen molar-refractivity contribution in [1.82, 2.24) is 4.98 Å². The molecule has 0 spiro atoms. The fourth-order valence-corrected chi connectivity index (χ4v) is 2.23. The number of aliphatic hydroxyl groups excluding tert-OH is 1. The zero-order chi connectivity index (χ0) is 13.6. The second-order valence-corrected chi connectivity index (χ2v) is 4.35. The third-order valence-electron chi connectivity index (χ3n) is 3.14. The Morgan fingerprint density at radius 3 is 2.50 bits per heavy atom. The van der Waals surface area contributed by atoms with Gasteiger partial charge in [-0.1, -0.05) is 0 Å². The van der Waals surface area contributed by atoms with Crippen molar-refractivity contribution in [2.75, 3.05) is 0 Å². The monoisotopic (exact) mass is 261 g/mol. The van der Waals surface area contributed by atoms with E-state index >= 15 is 0 Å². The van der Waals surface area contributed by atoms with E-state index in [0.717, 1.165) is 18.3 Å². The second kappa shape index (κ2) is 3.94. The van der Waals surface area contributed by atoms with Crippen molar-refractivity contribution in [2.24, 2.45) is 0 Å². The highest BCUT2D eigenvalue weighted by molar-refractivity contribution is 5.83. The molecule has 1 saturated carbocycles. The van der Waals surface area contributed by atoms with Gasteiger partial charge in [0, 0.05) is 6.20 Å². The highest BCUT2D eigenvalue weighted by Gasteiger charge is 2.55. The quantitative estimate of drug-likeness (QED) is 0.847. The van der Waals surface area contributed by atoms with E-state index in [1.165, 1.54) is 0 Å².